The summed E-state index contributed by atoms with van der Waals surface area (Å²) < 4.78 is 2.24. The molecule has 0 unspecified atom stereocenters. The minimum absolute atomic E-state index is 0.821. The predicted molar refractivity (Wildman–Crippen MR) is 79.8 cm³/mol. The zero-order chi connectivity index (χ0) is 13.1. The van der Waals surface area contributed by atoms with Crippen LogP contribution in [0.25, 0.3) is 22.0 Å². The van der Waals surface area contributed by atoms with Gasteiger partial charge >= 0.3 is 0 Å². The van der Waals surface area contributed by atoms with Gasteiger partial charge in [0.05, 0.1) is 0 Å². The first-order valence-electron chi connectivity index (χ1n) is 6.47. The molecule has 0 saturated heterocycles. The molecule has 1 heterocycles. The summed E-state index contributed by atoms with van der Waals surface area (Å²) in [6.07, 6.45) is 4.13. The van der Waals surface area contributed by atoms with E-state index >= 15 is 0 Å². The quantitative estimate of drug-likeness (QED) is 0.486. The van der Waals surface area contributed by atoms with Gasteiger partial charge in [-0.3, -0.25) is 0 Å². The van der Waals surface area contributed by atoms with Crippen molar-refractivity contribution in [3.8, 4) is 11.1 Å². The molecule has 0 spiro atoms. The number of allylic oxidation sites excluding steroid dienone is 1. The van der Waals surface area contributed by atoms with Crippen LogP contribution in [-0.4, -0.2) is 0 Å². The van der Waals surface area contributed by atoms with E-state index in [0.29, 0.717) is 0 Å². The summed E-state index contributed by atoms with van der Waals surface area (Å²) in [5.41, 5.74) is 3.72. The average Bonchev–Trinajstić information content (AvgIpc) is 2.48. The summed E-state index contributed by atoms with van der Waals surface area (Å²) in [5.74, 6) is 0. The number of aromatic nitrogens is 1. The Morgan fingerprint density at radius 2 is 1.63 bits per heavy atom. The summed E-state index contributed by atoms with van der Waals surface area (Å²) in [6.45, 7) is 4.66. The van der Waals surface area contributed by atoms with Crippen LogP contribution < -0.4 is 4.57 Å². The van der Waals surface area contributed by atoms with Crippen molar-refractivity contribution in [1.82, 2.24) is 0 Å². The Morgan fingerprint density at radius 3 is 2.42 bits per heavy atom. The van der Waals surface area contributed by atoms with Crippen LogP contribution in [0.3, 0.4) is 0 Å². The van der Waals surface area contributed by atoms with E-state index in [0.717, 1.165) is 6.54 Å². The minimum atomic E-state index is 0.821. The van der Waals surface area contributed by atoms with Gasteiger partial charge in [-0.1, -0.05) is 49.0 Å². The van der Waals surface area contributed by atoms with Crippen LogP contribution in [0.4, 0.5) is 0 Å². The Hall–Kier alpha value is -2.41. The molecule has 2 aromatic carbocycles. The lowest BCUT2D eigenvalue weighted by molar-refractivity contribution is -0.660. The number of benzene rings is 2. The van der Waals surface area contributed by atoms with E-state index in [2.05, 4.69) is 71.9 Å². The van der Waals surface area contributed by atoms with E-state index < -0.39 is 0 Å². The zero-order valence-corrected chi connectivity index (χ0v) is 10.8. The maximum absolute atomic E-state index is 3.84. The highest BCUT2D eigenvalue weighted by Gasteiger charge is 2.10. The number of hydrogen-bond acceptors (Lipinski definition) is 0. The van der Waals surface area contributed by atoms with Gasteiger partial charge in [0.25, 0.3) is 0 Å². The Kier molecular flexibility index (Phi) is 3.11. The van der Waals surface area contributed by atoms with Gasteiger partial charge in [-0.15, -0.1) is 0 Å². The minimum Gasteiger partial charge on any atom is -0.194 e. The summed E-state index contributed by atoms with van der Waals surface area (Å²) in [6, 6.07) is 21.2. The fourth-order valence-electron chi connectivity index (χ4n) is 2.39. The maximum atomic E-state index is 3.84. The fourth-order valence-corrected chi connectivity index (χ4v) is 2.39. The van der Waals surface area contributed by atoms with Gasteiger partial charge in [0.2, 0.25) is 5.52 Å². The second-order valence-electron chi connectivity index (χ2n) is 4.59. The third-order valence-electron chi connectivity index (χ3n) is 3.29. The van der Waals surface area contributed by atoms with E-state index in [9.17, 15) is 0 Å². The van der Waals surface area contributed by atoms with Gasteiger partial charge in [-0.05, 0) is 23.8 Å². The van der Waals surface area contributed by atoms with Crippen LogP contribution >= 0.6 is 0 Å². The molecule has 3 aromatic rings. The van der Waals surface area contributed by atoms with Crippen LogP contribution in [0.5, 0.6) is 0 Å². The van der Waals surface area contributed by atoms with Crippen molar-refractivity contribution in [2.24, 2.45) is 0 Å². The molecule has 1 aromatic heterocycles. The highest BCUT2D eigenvalue weighted by atomic mass is 14.9. The topological polar surface area (TPSA) is 3.88 Å². The van der Waals surface area contributed by atoms with Crippen molar-refractivity contribution in [1.29, 1.82) is 0 Å². The molecule has 0 aliphatic carbocycles. The standard InChI is InChI=1S/C18H16N/c1-2-12-19-14-17(15-8-4-3-5-9-15)13-16-10-6-7-11-18(16)19/h2-11,13-14H,1,12H2/q+1. The molecule has 0 aliphatic heterocycles. The second kappa shape index (κ2) is 5.07. The van der Waals surface area contributed by atoms with Gasteiger partial charge in [0.1, 0.15) is 0 Å². The first kappa shape index (κ1) is 11.7. The second-order valence-corrected chi connectivity index (χ2v) is 4.59. The average molecular weight is 246 g/mol. The Balaban J connectivity index is 2.24. The number of hydrogen-bond donors (Lipinski definition) is 0. The lowest BCUT2D eigenvalue weighted by atomic mass is 10.1. The van der Waals surface area contributed by atoms with Crippen LogP contribution in [0.2, 0.25) is 0 Å². The molecule has 1 nitrogen and oxygen atoms in total. The molecule has 0 aliphatic rings. The van der Waals surface area contributed by atoms with Crippen LogP contribution in [0, 0.1) is 0 Å². The third kappa shape index (κ3) is 2.27. The lowest BCUT2D eigenvalue weighted by Gasteiger charge is -2.04. The number of nitrogens with zero attached hydrogens (tertiary/aromatic N) is 1. The Morgan fingerprint density at radius 1 is 0.895 bits per heavy atom. The number of fused-ring (bicyclic) bond motifs is 1. The highest BCUT2D eigenvalue weighted by Crippen LogP contribution is 2.21. The molecule has 19 heavy (non-hydrogen) atoms. The largest absolute Gasteiger partial charge is 0.212 e. The Bertz CT molecular complexity index is 714. The summed E-state index contributed by atoms with van der Waals surface area (Å²) >= 11 is 0. The Labute approximate surface area is 113 Å². The van der Waals surface area contributed by atoms with E-state index in [-0.39, 0.29) is 0 Å². The molecule has 3 rings (SSSR count). The van der Waals surface area contributed by atoms with Gasteiger partial charge in [0, 0.05) is 17.0 Å². The lowest BCUT2D eigenvalue weighted by Crippen LogP contribution is -2.33. The third-order valence-corrected chi connectivity index (χ3v) is 3.29. The van der Waals surface area contributed by atoms with Crippen LogP contribution in [0.1, 0.15) is 0 Å². The zero-order valence-electron chi connectivity index (χ0n) is 10.8. The molecule has 0 saturated carbocycles. The molecule has 0 fully saturated rings. The number of pyridine rings is 1. The molecular weight excluding hydrogens is 230 g/mol. The summed E-state index contributed by atoms with van der Waals surface area (Å²) in [5, 5.41) is 1.26. The van der Waals surface area contributed by atoms with Gasteiger partial charge < -0.3 is 0 Å². The van der Waals surface area contributed by atoms with Gasteiger partial charge in [-0.2, -0.15) is 4.57 Å². The molecule has 0 N–H and O–H groups in total. The van der Waals surface area contributed by atoms with Gasteiger partial charge in [0.15, 0.2) is 12.7 Å². The van der Waals surface area contributed by atoms with Crippen molar-refractivity contribution in [2.45, 2.75) is 6.54 Å². The van der Waals surface area contributed by atoms with Crippen molar-refractivity contribution in [2.75, 3.05) is 0 Å². The van der Waals surface area contributed by atoms with Gasteiger partial charge in [-0.25, -0.2) is 0 Å². The maximum Gasteiger partial charge on any atom is 0.212 e. The monoisotopic (exact) mass is 246 g/mol. The van der Waals surface area contributed by atoms with Crippen molar-refractivity contribution in [3.63, 3.8) is 0 Å². The molecule has 0 amide bonds. The summed E-state index contributed by atoms with van der Waals surface area (Å²) in [4.78, 5) is 0. The first-order valence-corrected chi connectivity index (χ1v) is 6.47. The number of para-hydroxylation sites is 1. The molecular formula is C18H16N+. The van der Waals surface area contributed by atoms with E-state index in [4.69, 9.17) is 0 Å². The molecule has 0 radical (unpaired) electrons. The summed E-state index contributed by atoms with van der Waals surface area (Å²) in [7, 11) is 0. The molecule has 1 heteroatoms. The number of rotatable bonds is 3. The van der Waals surface area contributed by atoms with Crippen molar-refractivity contribution < 1.29 is 4.57 Å². The molecule has 92 valence electrons. The normalized spacial score (nSPS) is 10.5. The highest BCUT2D eigenvalue weighted by molar-refractivity contribution is 5.80. The van der Waals surface area contributed by atoms with Crippen molar-refractivity contribution in [3.05, 3.63) is 79.5 Å². The fraction of sp³-hybridized carbons (Fsp3) is 0.0556. The van der Waals surface area contributed by atoms with Crippen molar-refractivity contribution >= 4 is 10.9 Å². The molecule has 0 bridgehead atoms. The van der Waals surface area contributed by atoms with Crippen LogP contribution in [0.15, 0.2) is 79.5 Å². The van der Waals surface area contributed by atoms with Crippen LogP contribution in [-0.2, 0) is 6.54 Å². The predicted octanol–water partition coefficient (Wildman–Crippen LogP) is 3.98. The van der Waals surface area contributed by atoms with E-state index in [1.165, 1.54) is 22.0 Å². The molecule has 0 atom stereocenters. The SMILES string of the molecule is C=CC[n+]1cc(-c2ccccc2)cc2ccccc21. The van der Waals surface area contributed by atoms with E-state index in [1.54, 1.807) is 0 Å². The smallest absolute Gasteiger partial charge is 0.194 e. The first-order chi connectivity index (χ1) is 9.38. The van der Waals surface area contributed by atoms with E-state index in [1.807, 2.05) is 12.1 Å².